The summed E-state index contributed by atoms with van der Waals surface area (Å²) in [6, 6.07) is 0. The smallest absolute Gasteiger partial charge is 0.302 e. The van der Waals surface area contributed by atoms with E-state index in [0.29, 0.717) is 0 Å². The molecule has 1 atom stereocenters. The third-order valence-electron chi connectivity index (χ3n) is 1.16. The summed E-state index contributed by atoms with van der Waals surface area (Å²) in [7, 11) is 0. The number of ether oxygens (including phenoxy) is 1. The van der Waals surface area contributed by atoms with Crippen molar-refractivity contribution in [3.8, 4) is 0 Å². The largest absolute Gasteiger partial charge is 0.462 e. The van der Waals surface area contributed by atoms with Gasteiger partial charge in [-0.1, -0.05) is 31.9 Å². The van der Waals surface area contributed by atoms with Gasteiger partial charge in [-0.3, -0.25) is 4.79 Å². The quantitative estimate of drug-likeness (QED) is 0.574. The van der Waals surface area contributed by atoms with E-state index in [2.05, 4.69) is 31.9 Å². The maximum Gasteiger partial charge on any atom is 0.302 e. The zero-order chi connectivity index (χ0) is 8.69. The predicted octanol–water partition coefficient (Wildman–Crippen LogP) is 2.49. The molecule has 0 rings (SSSR count). The van der Waals surface area contributed by atoms with Crippen molar-refractivity contribution in [2.24, 2.45) is 0 Å². The SMILES string of the molecule is CC(=O)OC(CBr)CCCBr. The van der Waals surface area contributed by atoms with Crippen molar-refractivity contribution in [3.63, 3.8) is 0 Å². The second-order valence-electron chi connectivity index (χ2n) is 2.22. The molecule has 0 aromatic heterocycles. The second kappa shape index (κ2) is 7.10. The Hall–Kier alpha value is 0.430. The van der Waals surface area contributed by atoms with Gasteiger partial charge in [-0.05, 0) is 12.8 Å². The second-order valence-corrected chi connectivity index (χ2v) is 3.66. The normalized spacial score (nSPS) is 12.6. The molecule has 2 nitrogen and oxygen atoms in total. The molecule has 0 spiro atoms. The maximum atomic E-state index is 10.5. The van der Waals surface area contributed by atoms with Crippen molar-refractivity contribution in [1.29, 1.82) is 0 Å². The monoisotopic (exact) mass is 286 g/mol. The summed E-state index contributed by atoms with van der Waals surface area (Å²) in [6.45, 7) is 1.43. The van der Waals surface area contributed by atoms with Gasteiger partial charge in [0.2, 0.25) is 0 Å². The van der Waals surface area contributed by atoms with E-state index in [1.165, 1.54) is 6.92 Å². The van der Waals surface area contributed by atoms with Crippen LogP contribution in [0.5, 0.6) is 0 Å². The molecule has 0 N–H and O–H groups in total. The van der Waals surface area contributed by atoms with Gasteiger partial charge in [0.25, 0.3) is 0 Å². The minimum absolute atomic E-state index is 0.0325. The van der Waals surface area contributed by atoms with E-state index < -0.39 is 0 Å². The Morgan fingerprint density at radius 1 is 1.55 bits per heavy atom. The molecule has 0 aliphatic rings. The third kappa shape index (κ3) is 6.81. The van der Waals surface area contributed by atoms with E-state index in [-0.39, 0.29) is 12.1 Å². The van der Waals surface area contributed by atoms with Crippen LogP contribution in [0.2, 0.25) is 0 Å². The average Bonchev–Trinajstić information content (AvgIpc) is 1.97. The van der Waals surface area contributed by atoms with Crippen LogP contribution in [0.1, 0.15) is 19.8 Å². The zero-order valence-electron chi connectivity index (χ0n) is 6.48. The first-order chi connectivity index (χ1) is 5.20. The van der Waals surface area contributed by atoms with Gasteiger partial charge in [-0.15, -0.1) is 0 Å². The van der Waals surface area contributed by atoms with Gasteiger partial charge in [-0.25, -0.2) is 0 Å². The molecule has 0 aliphatic heterocycles. The van der Waals surface area contributed by atoms with Crippen molar-refractivity contribution in [1.82, 2.24) is 0 Å². The first-order valence-electron chi connectivity index (χ1n) is 3.49. The molecule has 11 heavy (non-hydrogen) atoms. The molecule has 4 heteroatoms. The molecule has 0 radical (unpaired) electrons. The highest BCUT2D eigenvalue weighted by molar-refractivity contribution is 9.09. The third-order valence-corrected chi connectivity index (χ3v) is 2.45. The lowest BCUT2D eigenvalue weighted by molar-refractivity contribution is -0.145. The molecule has 0 aromatic rings. The van der Waals surface area contributed by atoms with Crippen LogP contribution in [-0.2, 0) is 9.53 Å². The summed E-state index contributed by atoms with van der Waals surface area (Å²) >= 11 is 6.60. The van der Waals surface area contributed by atoms with Crippen LogP contribution in [0.15, 0.2) is 0 Å². The molecule has 0 fully saturated rings. The Labute approximate surface area is 83.9 Å². The van der Waals surface area contributed by atoms with Gasteiger partial charge in [0.15, 0.2) is 0 Å². The Bertz CT molecular complexity index is 117. The van der Waals surface area contributed by atoms with Crippen LogP contribution in [0, 0.1) is 0 Å². The topological polar surface area (TPSA) is 26.3 Å². The van der Waals surface area contributed by atoms with Gasteiger partial charge < -0.3 is 4.74 Å². The lowest BCUT2D eigenvalue weighted by Gasteiger charge is -2.12. The van der Waals surface area contributed by atoms with E-state index in [4.69, 9.17) is 4.74 Å². The minimum Gasteiger partial charge on any atom is -0.462 e. The number of alkyl halides is 2. The first kappa shape index (κ1) is 11.4. The van der Waals surface area contributed by atoms with E-state index in [1.807, 2.05) is 0 Å². The molecule has 0 amide bonds. The summed E-state index contributed by atoms with van der Waals surface area (Å²) in [4.78, 5) is 10.5. The van der Waals surface area contributed by atoms with Crippen LogP contribution in [0.25, 0.3) is 0 Å². The van der Waals surface area contributed by atoms with Crippen molar-refractivity contribution in [2.75, 3.05) is 10.7 Å². The fourth-order valence-corrected chi connectivity index (χ4v) is 1.49. The van der Waals surface area contributed by atoms with Crippen LogP contribution in [0.3, 0.4) is 0 Å². The molecule has 0 aliphatic carbocycles. The van der Waals surface area contributed by atoms with Crippen molar-refractivity contribution < 1.29 is 9.53 Å². The van der Waals surface area contributed by atoms with Gasteiger partial charge in [0.05, 0.1) is 0 Å². The van der Waals surface area contributed by atoms with Crippen LogP contribution < -0.4 is 0 Å². The maximum absolute atomic E-state index is 10.5. The summed E-state index contributed by atoms with van der Waals surface area (Å²) in [5.41, 5.74) is 0. The highest BCUT2D eigenvalue weighted by Gasteiger charge is 2.08. The highest BCUT2D eigenvalue weighted by Crippen LogP contribution is 2.07. The van der Waals surface area contributed by atoms with Gasteiger partial charge >= 0.3 is 5.97 Å². The van der Waals surface area contributed by atoms with Crippen molar-refractivity contribution >= 4 is 37.8 Å². The molecular formula is C7H12Br2O2. The van der Waals surface area contributed by atoms with Crippen LogP contribution in [-0.4, -0.2) is 22.7 Å². The number of carbonyl (C=O) groups is 1. The zero-order valence-corrected chi connectivity index (χ0v) is 9.65. The number of hydrogen-bond donors (Lipinski definition) is 0. The Morgan fingerprint density at radius 2 is 2.18 bits per heavy atom. The summed E-state index contributed by atoms with van der Waals surface area (Å²) in [6.07, 6.45) is 1.98. The van der Waals surface area contributed by atoms with Gasteiger partial charge in [-0.2, -0.15) is 0 Å². The van der Waals surface area contributed by atoms with Crippen molar-refractivity contribution in [3.05, 3.63) is 0 Å². The lowest BCUT2D eigenvalue weighted by Crippen LogP contribution is -2.17. The van der Waals surface area contributed by atoms with E-state index >= 15 is 0 Å². The Morgan fingerprint density at radius 3 is 2.55 bits per heavy atom. The average molecular weight is 288 g/mol. The number of rotatable bonds is 5. The number of esters is 1. The highest BCUT2D eigenvalue weighted by atomic mass is 79.9. The van der Waals surface area contributed by atoms with E-state index in [0.717, 1.165) is 23.5 Å². The van der Waals surface area contributed by atoms with E-state index in [9.17, 15) is 4.79 Å². The summed E-state index contributed by atoms with van der Waals surface area (Å²) < 4.78 is 4.99. The number of halogens is 2. The minimum atomic E-state index is -0.205. The van der Waals surface area contributed by atoms with Crippen LogP contribution in [0.4, 0.5) is 0 Å². The van der Waals surface area contributed by atoms with Crippen LogP contribution >= 0.6 is 31.9 Å². The predicted molar refractivity (Wildman–Crippen MR) is 52.4 cm³/mol. The molecule has 0 bridgehead atoms. The molecule has 1 unspecified atom stereocenters. The van der Waals surface area contributed by atoms with Gasteiger partial charge in [0.1, 0.15) is 6.10 Å². The van der Waals surface area contributed by atoms with Gasteiger partial charge in [0, 0.05) is 17.6 Å². The summed E-state index contributed by atoms with van der Waals surface area (Å²) in [5, 5.41) is 1.68. The number of carbonyl (C=O) groups excluding carboxylic acids is 1. The summed E-state index contributed by atoms with van der Waals surface area (Å²) in [5.74, 6) is -0.205. The molecule has 0 saturated carbocycles. The van der Waals surface area contributed by atoms with E-state index in [1.54, 1.807) is 0 Å². The Kier molecular flexibility index (Phi) is 7.38. The fraction of sp³-hybridized carbons (Fsp3) is 0.857. The standard InChI is InChI=1S/C7H12Br2O2/c1-6(10)11-7(5-9)3-2-4-8/h7H,2-5H2,1H3. The molecule has 66 valence electrons. The number of hydrogen-bond acceptors (Lipinski definition) is 2. The Balaban J connectivity index is 3.49. The molecule has 0 aromatic carbocycles. The molecule has 0 saturated heterocycles. The molecule has 0 heterocycles. The first-order valence-corrected chi connectivity index (χ1v) is 5.74. The van der Waals surface area contributed by atoms with Crippen molar-refractivity contribution in [2.45, 2.75) is 25.9 Å². The lowest BCUT2D eigenvalue weighted by atomic mass is 10.2. The molecular weight excluding hydrogens is 276 g/mol. The fourth-order valence-electron chi connectivity index (χ4n) is 0.707.